The molecule has 1 saturated heterocycles. The van der Waals surface area contributed by atoms with Gasteiger partial charge >= 0.3 is 7.12 Å². The van der Waals surface area contributed by atoms with E-state index in [2.05, 4.69) is 4.98 Å². The van der Waals surface area contributed by atoms with Crippen LogP contribution >= 0.6 is 0 Å². The van der Waals surface area contributed by atoms with Gasteiger partial charge in [-0.15, -0.1) is 0 Å². The minimum absolute atomic E-state index is 0.326. The van der Waals surface area contributed by atoms with Gasteiger partial charge in [0.25, 0.3) is 0 Å². The Morgan fingerprint density at radius 1 is 1.22 bits per heavy atom. The predicted molar refractivity (Wildman–Crippen MR) is 72.7 cm³/mol. The fraction of sp³-hybridized carbons (Fsp3) is 0.615. The Morgan fingerprint density at radius 3 is 2.39 bits per heavy atom. The van der Waals surface area contributed by atoms with Crippen LogP contribution in [0.1, 0.15) is 33.4 Å². The van der Waals surface area contributed by atoms with Crippen molar-refractivity contribution >= 4 is 12.6 Å². The molecule has 0 aromatic carbocycles. The molecular weight excluding hydrogens is 227 g/mol. The first kappa shape index (κ1) is 13.5. The van der Waals surface area contributed by atoms with Crippen LogP contribution < -0.4 is 11.2 Å². The molecule has 0 spiro atoms. The highest BCUT2D eigenvalue weighted by molar-refractivity contribution is 6.62. The Bertz CT molecular complexity index is 419. The van der Waals surface area contributed by atoms with Crippen molar-refractivity contribution in [2.45, 2.75) is 45.3 Å². The fourth-order valence-electron chi connectivity index (χ4n) is 1.98. The average molecular weight is 248 g/mol. The van der Waals surface area contributed by atoms with Crippen LogP contribution in [0.25, 0.3) is 0 Å². The second kappa shape index (κ2) is 4.65. The average Bonchev–Trinajstić information content (AvgIpc) is 2.49. The first-order valence-electron chi connectivity index (χ1n) is 6.37. The molecule has 0 bridgehead atoms. The Hall–Kier alpha value is -0.905. The van der Waals surface area contributed by atoms with Gasteiger partial charge < -0.3 is 15.0 Å². The van der Waals surface area contributed by atoms with Crippen LogP contribution in [0.4, 0.5) is 0 Å². The minimum Gasteiger partial charge on any atom is -0.399 e. The number of nitrogens with two attached hydrogens (primary N) is 1. The lowest BCUT2D eigenvalue weighted by atomic mass is 9.77. The summed E-state index contributed by atoms with van der Waals surface area (Å²) in [6, 6.07) is 3.90. The van der Waals surface area contributed by atoms with E-state index in [4.69, 9.17) is 15.0 Å². The largest absolute Gasteiger partial charge is 0.496 e. The maximum absolute atomic E-state index is 6.03. The van der Waals surface area contributed by atoms with E-state index in [1.807, 2.05) is 39.8 Å². The molecule has 0 aliphatic carbocycles. The van der Waals surface area contributed by atoms with Crippen LogP contribution in [0.3, 0.4) is 0 Å². The van der Waals surface area contributed by atoms with Crippen molar-refractivity contribution in [1.29, 1.82) is 0 Å². The van der Waals surface area contributed by atoms with Gasteiger partial charge in [0, 0.05) is 23.8 Å². The summed E-state index contributed by atoms with van der Waals surface area (Å²) < 4.78 is 12.1. The van der Waals surface area contributed by atoms with Gasteiger partial charge in [0.15, 0.2) is 0 Å². The summed E-state index contributed by atoms with van der Waals surface area (Å²) >= 11 is 0. The summed E-state index contributed by atoms with van der Waals surface area (Å²) in [5.41, 5.74) is 6.91. The SMILES string of the molecule is CC1(C)OB(c2cccnc2CCN)OC1(C)C. The van der Waals surface area contributed by atoms with Crippen molar-refractivity contribution in [3.63, 3.8) is 0 Å². The highest BCUT2D eigenvalue weighted by Crippen LogP contribution is 2.36. The number of hydrogen-bond acceptors (Lipinski definition) is 4. The zero-order chi connectivity index (χ0) is 13.4. The molecule has 2 N–H and O–H groups in total. The molecule has 0 atom stereocenters. The third kappa shape index (κ3) is 2.30. The molecule has 1 aromatic rings. The van der Waals surface area contributed by atoms with E-state index in [0.717, 1.165) is 17.6 Å². The molecule has 0 saturated carbocycles. The number of nitrogens with zero attached hydrogens (tertiary/aromatic N) is 1. The van der Waals surface area contributed by atoms with E-state index < -0.39 is 0 Å². The Kier molecular flexibility index (Phi) is 3.49. The highest BCUT2D eigenvalue weighted by atomic mass is 16.7. The van der Waals surface area contributed by atoms with Crippen LogP contribution in [0, 0.1) is 0 Å². The lowest BCUT2D eigenvalue weighted by Gasteiger charge is -2.32. The minimum atomic E-state index is -0.356. The molecule has 1 aliphatic rings. The van der Waals surface area contributed by atoms with Gasteiger partial charge in [-0.2, -0.15) is 0 Å². The van der Waals surface area contributed by atoms with Crippen molar-refractivity contribution < 1.29 is 9.31 Å². The highest BCUT2D eigenvalue weighted by Gasteiger charge is 2.52. The van der Waals surface area contributed by atoms with Crippen LogP contribution in [0.15, 0.2) is 18.3 Å². The van der Waals surface area contributed by atoms with Crippen LogP contribution in [-0.4, -0.2) is 29.8 Å². The fourth-order valence-corrected chi connectivity index (χ4v) is 1.98. The van der Waals surface area contributed by atoms with Gasteiger partial charge in [0.2, 0.25) is 0 Å². The number of rotatable bonds is 3. The van der Waals surface area contributed by atoms with Crippen molar-refractivity contribution in [3.05, 3.63) is 24.0 Å². The molecule has 4 nitrogen and oxygen atoms in total. The zero-order valence-electron chi connectivity index (χ0n) is 11.6. The Labute approximate surface area is 109 Å². The Morgan fingerprint density at radius 2 is 1.83 bits per heavy atom. The van der Waals surface area contributed by atoms with E-state index in [-0.39, 0.29) is 18.3 Å². The molecule has 98 valence electrons. The normalized spacial score (nSPS) is 21.3. The summed E-state index contributed by atoms with van der Waals surface area (Å²) in [7, 11) is -0.356. The molecule has 2 heterocycles. The number of aromatic nitrogens is 1. The molecule has 0 amide bonds. The summed E-state index contributed by atoms with van der Waals surface area (Å²) in [6.07, 6.45) is 2.51. The summed E-state index contributed by atoms with van der Waals surface area (Å²) in [6.45, 7) is 8.76. The van der Waals surface area contributed by atoms with Gasteiger partial charge in [-0.3, -0.25) is 4.98 Å². The van der Waals surface area contributed by atoms with Crippen LogP contribution in [0.2, 0.25) is 0 Å². The maximum atomic E-state index is 6.03. The number of hydrogen-bond donors (Lipinski definition) is 1. The van der Waals surface area contributed by atoms with Crippen molar-refractivity contribution in [2.24, 2.45) is 5.73 Å². The molecule has 1 aromatic heterocycles. The van der Waals surface area contributed by atoms with Gasteiger partial charge in [-0.1, -0.05) is 6.07 Å². The van der Waals surface area contributed by atoms with E-state index >= 15 is 0 Å². The first-order valence-corrected chi connectivity index (χ1v) is 6.37. The Balaban J connectivity index is 2.29. The van der Waals surface area contributed by atoms with Crippen molar-refractivity contribution in [3.8, 4) is 0 Å². The van der Waals surface area contributed by atoms with E-state index in [1.165, 1.54) is 0 Å². The molecule has 0 radical (unpaired) electrons. The standard InChI is InChI=1S/C13H21BN2O2/c1-12(2)13(3,4)18-14(17-12)10-6-5-9-16-11(10)7-8-15/h5-6,9H,7-8,15H2,1-4H3. The zero-order valence-corrected chi connectivity index (χ0v) is 11.6. The second-order valence-electron chi connectivity index (χ2n) is 5.67. The molecule has 0 unspecified atom stereocenters. The number of pyridine rings is 1. The smallest absolute Gasteiger partial charge is 0.399 e. The molecule has 1 aliphatic heterocycles. The second-order valence-corrected chi connectivity index (χ2v) is 5.67. The topological polar surface area (TPSA) is 57.4 Å². The summed E-state index contributed by atoms with van der Waals surface area (Å²) in [4.78, 5) is 4.37. The summed E-state index contributed by atoms with van der Waals surface area (Å²) in [5, 5.41) is 0. The monoisotopic (exact) mass is 248 g/mol. The van der Waals surface area contributed by atoms with E-state index in [0.29, 0.717) is 6.54 Å². The van der Waals surface area contributed by atoms with Crippen molar-refractivity contribution in [1.82, 2.24) is 4.98 Å². The summed E-state index contributed by atoms with van der Waals surface area (Å²) in [5.74, 6) is 0. The predicted octanol–water partition coefficient (Wildman–Crippen LogP) is 0.882. The quantitative estimate of drug-likeness (QED) is 0.807. The maximum Gasteiger partial charge on any atom is 0.496 e. The van der Waals surface area contributed by atoms with Crippen molar-refractivity contribution in [2.75, 3.05) is 6.54 Å². The lowest BCUT2D eigenvalue weighted by Crippen LogP contribution is -2.41. The van der Waals surface area contributed by atoms with Gasteiger partial charge in [-0.25, -0.2) is 0 Å². The first-order chi connectivity index (χ1) is 8.37. The molecule has 5 heteroatoms. The van der Waals surface area contributed by atoms with Gasteiger partial charge in [0.05, 0.1) is 11.2 Å². The molecule has 1 fully saturated rings. The molecule has 18 heavy (non-hydrogen) atoms. The lowest BCUT2D eigenvalue weighted by molar-refractivity contribution is 0.00578. The van der Waals surface area contributed by atoms with Gasteiger partial charge in [0.1, 0.15) is 0 Å². The third-order valence-corrected chi connectivity index (χ3v) is 3.81. The van der Waals surface area contributed by atoms with E-state index in [9.17, 15) is 0 Å². The van der Waals surface area contributed by atoms with Gasteiger partial charge in [-0.05, 0) is 40.3 Å². The van der Waals surface area contributed by atoms with Crippen LogP contribution in [-0.2, 0) is 15.7 Å². The van der Waals surface area contributed by atoms with E-state index in [1.54, 1.807) is 6.20 Å². The molecular formula is C13H21BN2O2. The molecule has 2 rings (SSSR count). The van der Waals surface area contributed by atoms with Crippen LogP contribution in [0.5, 0.6) is 0 Å². The third-order valence-electron chi connectivity index (χ3n) is 3.81.